The molecule has 0 saturated heterocycles. The third kappa shape index (κ3) is 5.77. The molecule has 0 aliphatic rings. The highest BCUT2D eigenvalue weighted by Crippen LogP contribution is 2.18. The molecule has 2 aromatic carbocycles. The molecule has 2 aromatic rings. The van der Waals surface area contributed by atoms with Crippen molar-refractivity contribution in [1.82, 2.24) is 5.32 Å². The van der Waals surface area contributed by atoms with Crippen LogP contribution in [0.1, 0.15) is 24.2 Å². The Balaban J connectivity index is 2.05. The van der Waals surface area contributed by atoms with Gasteiger partial charge in [0.1, 0.15) is 0 Å². The van der Waals surface area contributed by atoms with Crippen molar-refractivity contribution in [3.8, 4) is 0 Å². The minimum absolute atomic E-state index is 0.0903. The van der Waals surface area contributed by atoms with Crippen LogP contribution in [-0.2, 0) is 4.79 Å². The molecule has 27 heavy (non-hydrogen) atoms. The van der Waals surface area contributed by atoms with Crippen molar-refractivity contribution in [2.24, 2.45) is 5.92 Å². The molecule has 144 valence electrons. The van der Waals surface area contributed by atoms with Crippen LogP contribution < -0.4 is 15.5 Å². The largest absolute Gasteiger partial charge is 0.365 e. The highest BCUT2D eigenvalue weighted by atomic mass is 19.2. The van der Waals surface area contributed by atoms with E-state index in [1.165, 1.54) is 11.0 Å². The van der Waals surface area contributed by atoms with E-state index >= 15 is 0 Å². The van der Waals surface area contributed by atoms with Crippen LogP contribution in [0.4, 0.5) is 20.2 Å². The van der Waals surface area contributed by atoms with Gasteiger partial charge in [0.25, 0.3) is 5.91 Å². The number of halogens is 2. The fraction of sp³-hybridized carbons (Fsp3) is 0.300. The molecule has 0 spiro atoms. The van der Waals surface area contributed by atoms with Crippen molar-refractivity contribution in [2.75, 3.05) is 30.4 Å². The van der Waals surface area contributed by atoms with Gasteiger partial charge in [-0.3, -0.25) is 9.59 Å². The van der Waals surface area contributed by atoms with Crippen LogP contribution in [0.5, 0.6) is 0 Å². The molecule has 0 unspecified atom stereocenters. The van der Waals surface area contributed by atoms with Crippen molar-refractivity contribution in [3.05, 3.63) is 59.7 Å². The molecule has 0 fully saturated rings. The summed E-state index contributed by atoms with van der Waals surface area (Å²) < 4.78 is 26.4. The molecule has 0 aromatic heterocycles. The summed E-state index contributed by atoms with van der Waals surface area (Å²) in [4.78, 5) is 26.1. The van der Waals surface area contributed by atoms with Crippen LogP contribution in [-0.4, -0.2) is 32.0 Å². The Morgan fingerprint density at radius 1 is 1.07 bits per heavy atom. The van der Waals surface area contributed by atoms with Gasteiger partial charge < -0.3 is 15.5 Å². The molecule has 0 bridgehead atoms. The standard InChI is InChI=1S/C20H23F2N3O2/c1-13(2)11-23-20(27)15-6-4-5-7-18(15)24-19(26)12-25(3)14-8-9-16(21)17(22)10-14/h4-10,13H,11-12H2,1-3H3,(H,23,27)(H,24,26). The molecule has 5 nitrogen and oxygen atoms in total. The maximum Gasteiger partial charge on any atom is 0.253 e. The topological polar surface area (TPSA) is 61.4 Å². The number of nitrogens with one attached hydrogen (secondary N) is 2. The van der Waals surface area contributed by atoms with Crippen molar-refractivity contribution < 1.29 is 18.4 Å². The normalized spacial score (nSPS) is 10.6. The van der Waals surface area contributed by atoms with E-state index in [9.17, 15) is 18.4 Å². The minimum Gasteiger partial charge on any atom is -0.365 e. The van der Waals surface area contributed by atoms with E-state index < -0.39 is 11.6 Å². The van der Waals surface area contributed by atoms with Crippen LogP contribution in [0.15, 0.2) is 42.5 Å². The van der Waals surface area contributed by atoms with Gasteiger partial charge in [0, 0.05) is 25.3 Å². The fourth-order valence-corrected chi connectivity index (χ4v) is 2.40. The van der Waals surface area contributed by atoms with E-state index in [2.05, 4.69) is 10.6 Å². The Labute approximate surface area is 157 Å². The average Bonchev–Trinajstić information content (AvgIpc) is 2.62. The van der Waals surface area contributed by atoms with Gasteiger partial charge in [-0.05, 0) is 30.2 Å². The molecule has 0 radical (unpaired) electrons. The summed E-state index contributed by atoms with van der Waals surface area (Å²) >= 11 is 0. The zero-order chi connectivity index (χ0) is 20.0. The van der Waals surface area contributed by atoms with Gasteiger partial charge in [0.05, 0.1) is 17.8 Å². The summed E-state index contributed by atoms with van der Waals surface area (Å²) in [6.07, 6.45) is 0. The highest BCUT2D eigenvalue weighted by molar-refractivity contribution is 6.04. The molecule has 0 atom stereocenters. The van der Waals surface area contributed by atoms with E-state index in [0.717, 1.165) is 12.1 Å². The number of likely N-dealkylation sites (N-methyl/N-ethyl adjacent to an activating group) is 1. The lowest BCUT2D eigenvalue weighted by atomic mass is 10.1. The maximum absolute atomic E-state index is 13.3. The molecule has 0 heterocycles. The maximum atomic E-state index is 13.3. The van der Waals surface area contributed by atoms with Crippen LogP contribution in [0.2, 0.25) is 0 Å². The number of amides is 2. The van der Waals surface area contributed by atoms with E-state index in [0.29, 0.717) is 29.4 Å². The Kier molecular flexibility index (Phi) is 6.87. The van der Waals surface area contributed by atoms with E-state index in [-0.39, 0.29) is 18.4 Å². The summed E-state index contributed by atoms with van der Waals surface area (Å²) in [6, 6.07) is 10.1. The SMILES string of the molecule is CC(C)CNC(=O)c1ccccc1NC(=O)CN(C)c1ccc(F)c(F)c1. The van der Waals surface area contributed by atoms with Gasteiger partial charge in [-0.2, -0.15) is 0 Å². The number of carbonyl (C=O) groups is 2. The molecule has 2 rings (SSSR count). The zero-order valence-electron chi connectivity index (χ0n) is 15.6. The number of hydrogen-bond donors (Lipinski definition) is 2. The van der Waals surface area contributed by atoms with Crippen molar-refractivity contribution >= 4 is 23.2 Å². The smallest absolute Gasteiger partial charge is 0.253 e. The lowest BCUT2D eigenvalue weighted by molar-refractivity contribution is -0.114. The molecular formula is C20H23F2N3O2. The number of hydrogen-bond acceptors (Lipinski definition) is 3. The van der Waals surface area contributed by atoms with Gasteiger partial charge in [-0.15, -0.1) is 0 Å². The monoisotopic (exact) mass is 375 g/mol. The minimum atomic E-state index is -0.980. The number of rotatable bonds is 7. The third-order valence-electron chi connectivity index (χ3n) is 3.84. The first-order valence-electron chi connectivity index (χ1n) is 8.61. The number of para-hydroxylation sites is 1. The molecule has 2 N–H and O–H groups in total. The first kappa shape index (κ1) is 20.4. The van der Waals surface area contributed by atoms with E-state index in [4.69, 9.17) is 0 Å². The van der Waals surface area contributed by atoms with Crippen LogP contribution in [0.3, 0.4) is 0 Å². The third-order valence-corrected chi connectivity index (χ3v) is 3.84. The number of carbonyl (C=O) groups excluding carboxylic acids is 2. The van der Waals surface area contributed by atoms with Crippen molar-refractivity contribution in [2.45, 2.75) is 13.8 Å². The van der Waals surface area contributed by atoms with Gasteiger partial charge in [0.15, 0.2) is 11.6 Å². The van der Waals surface area contributed by atoms with Crippen LogP contribution in [0.25, 0.3) is 0 Å². The lowest BCUT2D eigenvalue weighted by Gasteiger charge is -2.19. The first-order valence-corrected chi connectivity index (χ1v) is 8.61. The van der Waals surface area contributed by atoms with Gasteiger partial charge >= 0.3 is 0 Å². The molecule has 0 saturated carbocycles. The number of nitrogens with zero attached hydrogens (tertiary/aromatic N) is 1. The number of benzene rings is 2. The predicted octanol–water partition coefficient (Wildman–Crippen LogP) is 3.43. The molecule has 0 aliphatic carbocycles. The summed E-state index contributed by atoms with van der Waals surface area (Å²) in [5, 5.41) is 5.51. The van der Waals surface area contributed by atoms with Gasteiger partial charge in [0.2, 0.25) is 5.91 Å². The van der Waals surface area contributed by atoms with Gasteiger partial charge in [-0.1, -0.05) is 26.0 Å². The lowest BCUT2D eigenvalue weighted by Crippen LogP contribution is -2.32. The van der Waals surface area contributed by atoms with Crippen LogP contribution in [0, 0.1) is 17.6 Å². The summed E-state index contributed by atoms with van der Waals surface area (Å²) in [7, 11) is 1.59. The molecule has 2 amide bonds. The van der Waals surface area contributed by atoms with Crippen LogP contribution >= 0.6 is 0 Å². The van der Waals surface area contributed by atoms with E-state index in [1.54, 1.807) is 31.3 Å². The fourth-order valence-electron chi connectivity index (χ4n) is 2.40. The summed E-state index contributed by atoms with van der Waals surface area (Å²) in [6.45, 7) is 4.41. The molecular weight excluding hydrogens is 352 g/mol. The van der Waals surface area contributed by atoms with Crippen molar-refractivity contribution in [3.63, 3.8) is 0 Å². The second kappa shape index (κ2) is 9.12. The number of anilines is 2. The first-order chi connectivity index (χ1) is 12.8. The Morgan fingerprint density at radius 2 is 1.78 bits per heavy atom. The Hall–Kier alpha value is -2.96. The summed E-state index contributed by atoms with van der Waals surface area (Å²) in [5.41, 5.74) is 1.12. The Morgan fingerprint density at radius 3 is 2.44 bits per heavy atom. The molecule has 0 aliphatic heterocycles. The van der Waals surface area contributed by atoms with E-state index in [1.807, 2.05) is 13.8 Å². The van der Waals surface area contributed by atoms with Gasteiger partial charge in [-0.25, -0.2) is 8.78 Å². The highest BCUT2D eigenvalue weighted by Gasteiger charge is 2.15. The quantitative estimate of drug-likeness (QED) is 0.780. The van der Waals surface area contributed by atoms with Crippen molar-refractivity contribution in [1.29, 1.82) is 0 Å². The Bertz CT molecular complexity index is 825. The molecule has 7 heteroatoms. The average molecular weight is 375 g/mol. The second-order valence-corrected chi connectivity index (χ2v) is 6.65. The predicted molar refractivity (Wildman–Crippen MR) is 102 cm³/mol. The second-order valence-electron chi connectivity index (χ2n) is 6.65. The zero-order valence-corrected chi connectivity index (χ0v) is 15.6. The summed E-state index contributed by atoms with van der Waals surface area (Å²) in [5.74, 6) is -2.27.